The molecule has 0 bridgehead atoms. The van der Waals surface area contributed by atoms with Gasteiger partial charge in [0.1, 0.15) is 11.3 Å². The molecule has 212 valence electrons. The summed E-state index contributed by atoms with van der Waals surface area (Å²) in [5.74, 6) is -1.68. The molecule has 14 heteroatoms. The van der Waals surface area contributed by atoms with E-state index in [4.69, 9.17) is 11.6 Å². The highest BCUT2D eigenvalue weighted by atomic mass is 35.5. The van der Waals surface area contributed by atoms with Gasteiger partial charge >= 0.3 is 0 Å². The van der Waals surface area contributed by atoms with Gasteiger partial charge in [0.05, 0.1) is 20.8 Å². The summed E-state index contributed by atoms with van der Waals surface area (Å²) in [7, 11) is -3.91. The Labute approximate surface area is 245 Å². The van der Waals surface area contributed by atoms with E-state index in [0.717, 1.165) is 6.07 Å². The van der Waals surface area contributed by atoms with E-state index in [2.05, 4.69) is 19.9 Å². The molecule has 1 fully saturated rings. The second-order valence-corrected chi connectivity index (χ2v) is 12.0. The molecule has 1 aliphatic rings. The number of sulfonamides is 1. The number of benzene rings is 3. The lowest BCUT2D eigenvalue weighted by Gasteiger charge is -2.34. The Morgan fingerprint density at radius 3 is 2.45 bits per heavy atom. The highest BCUT2D eigenvalue weighted by Gasteiger charge is 2.22. The third-order valence-corrected chi connectivity index (χ3v) is 8.99. The molecule has 0 radical (unpaired) electrons. The number of halogens is 4. The first-order valence-electron chi connectivity index (χ1n) is 12.1. The molecule has 1 amide bonds. The van der Waals surface area contributed by atoms with Gasteiger partial charge in [-0.25, -0.2) is 22.2 Å². The zero-order valence-corrected chi connectivity index (χ0v) is 24.1. The van der Waals surface area contributed by atoms with Crippen molar-refractivity contribution in [2.45, 2.75) is 4.90 Å². The van der Waals surface area contributed by atoms with Crippen LogP contribution in [0.15, 0.2) is 65.6 Å². The number of para-hydroxylation sites is 1. The first-order valence-corrected chi connectivity index (χ1v) is 14.8. The van der Waals surface area contributed by atoms with E-state index in [1.807, 2.05) is 4.90 Å². The Balaban J connectivity index is 0.00000370. The van der Waals surface area contributed by atoms with Gasteiger partial charge in [-0.15, -0.1) is 12.4 Å². The van der Waals surface area contributed by atoms with E-state index in [1.165, 1.54) is 47.7 Å². The van der Waals surface area contributed by atoms with Crippen molar-refractivity contribution in [2.24, 2.45) is 0 Å². The maximum absolute atomic E-state index is 14.0. The van der Waals surface area contributed by atoms with Gasteiger partial charge in [0.15, 0.2) is 10.9 Å². The van der Waals surface area contributed by atoms with Crippen LogP contribution in [-0.4, -0.2) is 63.5 Å². The van der Waals surface area contributed by atoms with E-state index in [9.17, 15) is 22.0 Å². The number of hydrogen-bond donors (Lipinski definition) is 2. The minimum atomic E-state index is -3.91. The fourth-order valence-electron chi connectivity index (χ4n) is 4.25. The summed E-state index contributed by atoms with van der Waals surface area (Å²) >= 11 is 7.12. The van der Waals surface area contributed by atoms with Crippen LogP contribution in [0.4, 0.5) is 19.6 Å². The van der Waals surface area contributed by atoms with Crippen LogP contribution in [0.5, 0.6) is 0 Å². The first-order chi connectivity index (χ1) is 18.7. The van der Waals surface area contributed by atoms with Gasteiger partial charge < -0.3 is 10.2 Å². The van der Waals surface area contributed by atoms with Gasteiger partial charge in [-0.3, -0.25) is 14.4 Å². The molecule has 1 aromatic heterocycles. The number of nitrogens with zero attached hydrogens (tertiary/aromatic N) is 3. The van der Waals surface area contributed by atoms with Crippen molar-refractivity contribution in [1.82, 2.24) is 15.2 Å². The van der Waals surface area contributed by atoms with Gasteiger partial charge in [-0.2, -0.15) is 0 Å². The number of anilines is 2. The quantitative estimate of drug-likeness (QED) is 0.285. The summed E-state index contributed by atoms with van der Waals surface area (Å²) in [6.07, 6.45) is 0. The number of hydrogen-bond acceptors (Lipinski definition) is 7. The number of carbonyl (C=O) groups is 1. The molecule has 0 unspecified atom stereocenters. The van der Waals surface area contributed by atoms with E-state index < -0.39 is 27.6 Å². The van der Waals surface area contributed by atoms with Crippen molar-refractivity contribution in [2.75, 3.05) is 48.9 Å². The predicted octanol–water partition coefficient (Wildman–Crippen LogP) is 5.00. The van der Waals surface area contributed by atoms with E-state index in [0.29, 0.717) is 54.1 Å². The van der Waals surface area contributed by atoms with Gasteiger partial charge in [0, 0.05) is 50.4 Å². The van der Waals surface area contributed by atoms with Crippen molar-refractivity contribution < 1.29 is 22.0 Å². The Hall–Kier alpha value is -3.03. The van der Waals surface area contributed by atoms with Gasteiger partial charge in [0.2, 0.25) is 0 Å². The first kappa shape index (κ1) is 29.9. The van der Waals surface area contributed by atoms with Crippen LogP contribution in [0.3, 0.4) is 0 Å². The van der Waals surface area contributed by atoms with E-state index >= 15 is 0 Å². The number of thiazole rings is 1. The summed E-state index contributed by atoms with van der Waals surface area (Å²) < 4.78 is 56.1. The number of fused-ring (bicyclic) bond motifs is 1. The van der Waals surface area contributed by atoms with Crippen LogP contribution < -0.4 is 14.9 Å². The monoisotopic (exact) mass is 627 g/mol. The Kier molecular flexibility index (Phi) is 9.47. The van der Waals surface area contributed by atoms with Crippen LogP contribution in [0.25, 0.3) is 10.2 Å². The molecule has 3 aromatic carbocycles. The van der Waals surface area contributed by atoms with Crippen molar-refractivity contribution in [3.8, 4) is 0 Å². The summed E-state index contributed by atoms with van der Waals surface area (Å²) in [4.78, 5) is 21.5. The van der Waals surface area contributed by atoms with Crippen LogP contribution >= 0.6 is 35.3 Å². The van der Waals surface area contributed by atoms with Crippen LogP contribution in [0, 0.1) is 11.6 Å². The number of piperazine rings is 1. The highest BCUT2D eigenvalue weighted by molar-refractivity contribution is 7.92. The lowest BCUT2D eigenvalue weighted by molar-refractivity contribution is 0.0948. The molecule has 5 rings (SSSR count). The van der Waals surface area contributed by atoms with Crippen molar-refractivity contribution >= 4 is 72.3 Å². The number of rotatable bonds is 8. The fourth-order valence-corrected chi connectivity index (χ4v) is 6.52. The molecule has 4 aromatic rings. The molecule has 1 saturated heterocycles. The molecular weight excluding hydrogens is 603 g/mol. The average Bonchev–Trinajstić information content (AvgIpc) is 3.34. The molecule has 40 heavy (non-hydrogen) atoms. The predicted molar refractivity (Wildman–Crippen MR) is 156 cm³/mol. The van der Waals surface area contributed by atoms with Crippen molar-refractivity contribution in [3.63, 3.8) is 0 Å². The average molecular weight is 629 g/mol. The molecule has 2 heterocycles. The highest BCUT2D eigenvalue weighted by Crippen LogP contribution is 2.31. The molecule has 2 N–H and O–H groups in total. The number of nitrogens with one attached hydrogen (secondary N) is 2. The number of amides is 1. The zero-order chi connectivity index (χ0) is 27.6. The third kappa shape index (κ3) is 6.81. The van der Waals surface area contributed by atoms with Gasteiger partial charge in [0.25, 0.3) is 15.9 Å². The van der Waals surface area contributed by atoms with E-state index in [-0.39, 0.29) is 34.1 Å². The second kappa shape index (κ2) is 12.6. The lowest BCUT2D eigenvalue weighted by Crippen LogP contribution is -2.48. The maximum atomic E-state index is 14.0. The summed E-state index contributed by atoms with van der Waals surface area (Å²) in [5.41, 5.74) is 0.558. The second-order valence-electron chi connectivity index (χ2n) is 8.92. The zero-order valence-electron chi connectivity index (χ0n) is 20.9. The summed E-state index contributed by atoms with van der Waals surface area (Å²) in [5, 5.41) is 3.93. The van der Waals surface area contributed by atoms with Crippen molar-refractivity contribution in [1.29, 1.82) is 0 Å². The minimum Gasteiger partial charge on any atom is -0.351 e. The van der Waals surface area contributed by atoms with Crippen LogP contribution in [0.1, 0.15) is 10.4 Å². The Bertz CT molecular complexity index is 1610. The number of carbonyl (C=O) groups excluding carboxylic acids is 1. The van der Waals surface area contributed by atoms with E-state index in [1.54, 1.807) is 18.2 Å². The Morgan fingerprint density at radius 2 is 1.73 bits per heavy atom. The maximum Gasteiger partial charge on any atom is 0.261 e. The topological polar surface area (TPSA) is 94.6 Å². The Morgan fingerprint density at radius 1 is 1.02 bits per heavy atom. The molecule has 1 aliphatic heterocycles. The molecule has 8 nitrogen and oxygen atoms in total. The standard InChI is InChI=1S/C26H24ClF2N5O3S2.ClH/c27-17-5-7-19(8-6-17)39(36,37)32-22-4-2-1-3-20(22)25(35)30-9-10-33-11-13-34(14-12-33)26-31-24-21(29)15-18(28)16-23(24)38-26;/h1-8,15-16,32H,9-14H2,(H,30,35);1H. The molecule has 0 spiro atoms. The normalized spacial score (nSPS) is 14.1. The number of aromatic nitrogens is 1. The molecule has 0 aliphatic carbocycles. The SMILES string of the molecule is Cl.O=C(NCCN1CCN(c2nc3c(F)cc(F)cc3s2)CC1)c1ccccc1NS(=O)(=O)c1ccc(Cl)cc1. The van der Waals surface area contributed by atoms with Gasteiger partial charge in [-0.1, -0.05) is 35.1 Å². The molecular formula is C26H25Cl2F2N5O3S2. The van der Waals surface area contributed by atoms with Gasteiger partial charge in [-0.05, 0) is 42.5 Å². The minimum absolute atomic E-state index is 0. The third-order valence-electron chi connectivity index (χ3n) is 6.30. The summed E-state index contributed by atoms with van der Waals surface area (Å²) in [6.45, 7) is 3.70. The molecule has 0 saturated carbocycles. The lowest BCUT2D eigenvalue weighted by atomic mass is 10.1. The fraction of sp³-hybridized carbons (Fsp3) is 0.231. The largest absolute Gasteiger partial charge is 0.351 e. The smallest absolute Gasteiger partial charge is 0.261 e. The summed E-state index contributed by atoms with van der Waals surface area (Å²) in [6, 6.07) is 14.3. The van der Waals surface area contributed by atoms with Crippen LogP contribution in [0.2, 0.25) is 5.02 Å². The van der Waals surface area contributed by atoms with Crippen molar-refractivity contribution in [3.05, 3.63) is 82.9 Å². The van der Waals surface area contributed by atoms with Crippen LogP contribution in [-0.2, 0) is 10.0 Å². The molecule has 0 atom stereocenters.